The van der Waals surface area contributed by atoms with Gasteiger partial charge in [0.05, 0.1) is 7.11 Å². The average molecular weight is 320 g/mol. The molecule has 1 heterocycles. The number of pyridine rings is 1. The molecule has 22 heavy (non-hydrogen) atoms. The molecule has 1 aromatic carbocycles. The molecule has 2 amide bonds. The number of nitrogens with zero attached hydrogens (tertiary/aromatic N) is 1. The third-order valence-electron chi connectivity index (χ3n) is 3.05. The van der Waals surface area contributed by atoms with Crippen LogP contribution in [-0.4, -0.2) is 24.7 Å². The van der Waals surface area contributed by atoms with Crippen LogP contribution < -0.4 is 15.4 Å². The van der Waals surface area contributed by atoms with Gasteiger partial charge in [-0.2, -0.15) is 0 Å². The molecular weight excluding hydrogens is 302 g/mol. The maximum absolute atomic E-state index is 11.7. The number of carbonyl (C=O) groups is 1. The smallest absolute Gasteiger partial charge is 0.315 e. The second-order valence-electron chi connectivity index (χ2n) is 4.70. The van der Waals surface area contributed by atoms with Crippen LogP contribution in [0.4, 0.5) is 4.79 Å². The lowest BCUT2D eigenvalue weighted by Gasteiger charge is -2.08. The van der Waals surface area contributed by atoms with E-state index >= 15 is 0 Å². The third kappa shape index (κ3) is 5.26. The summed E-state index contributed by atoms with van der Waals surface area (Å²) >= 11 is 5.91. The van der Waals surface area contributed by atoms with Gasteiger partial charge in [0.2, 0.25) is 5.88 Å². The van der Waals surface area contributed by atoms with Crippen LogP contribution in [0.2, 0.25) is 5.02 Å². The van der Waals surface area contributed by atoms with Crippen LogP contribution in [0, 0.1) is 0 Å². The number of methoxy groups -OCH3 is 1. The van der Waals surface area contributed by atoms with Gasteiger partial charge in [-0.1, -0.05) is 23.7 Å². The van der Waals surface area contributed by atoms with E-state index < -0.39 is 0 Å². The standard InChI is InChI=1S/C16H18ClN3O2/c1-22-15-10-13(6-7-18-15)11-20-16(21)19-8-5-12-3-2-4-14(17)9-12/h2-4,6-7,9-10H,5,8,11H2,1H3,(H2,19,20,21). The fraction of sp³-hybridized carbons (Fsp3) is 0.250. The number of ether oxygens (including phenoxy) is 1. The number of rotatable bonds is 6. The Hall–Kier alpha value is -2.27. The van der Waals surface area contributed by atoms with Crippen molar-refractivity contribution < 1.29 is 9.53 Å². The van der Waals surface area contributed by atoms with Gasteiger partial charge in [-0.15, -0.1) is 0 Å². The number of carbonyl (C=O) groups excluding carboxylic acids is 1. The highest BCUT2D eigenvalue weighted by Gasteiger charge is 2.02. The third-order valence-corrected chi connectivity index (χ3v) is 3.28. The molecule has 0 aliphatic rings. The molecule has 0 spiro atoms. The molecule has 0 bridgehead atoms. The first-order chi connectivity index (χ1) is 10.7. The zero-order valence-electron chi connectivity index (χ0n) is 12.3. The van der Waals surface area contributed by atoms with Crippen molar-refractivity contribution in [3.8, 4) is 5.88 Å². The van der Waals surface area contributed by atoms with Gasteiger partial charge in [0.15, 0.2) is 0 Å². The number of amides is 2. The van der Waals surface area contributed by atoms with E-state index in [1.165, 1.54) is 0 Å². The van der Waals surface area contributed by atoms with E-state index in [0.29, 0.717) is 24.0 Å². The van der Waals surface area contributed by atoms with Crippen molar-refractivity contribution in [1.82, 2.24) is 15.6 Å². The van der Waals surface area contributed by atoms with Crippen LogP contribution in [0.1, 0.15) is 11.1 Å². The molecule has 0 saturated carbocycles. The zero-order valence-corrected chi connectivity index (χ0v) is 13.1. The number of benzene rings is 1. The summed E-state index contributed by atoms with van der Waals surface area (Å²) < 4.78 is 5.03. The Kier molecular flexibility index (Phi) is 6.03. The van der Waals surface area contributed by atoms with Crippen molar-refractivity contribution in [2.75, 3.05) is 13.7 Å². The minimum absolute atomic E-state index is 0.210. The maximum atomic E-state index is 11.7. The van der Waals surface area contributed by atoms with E-state index in [-0.39, 0.29) is 6.03 Å². The summed E-state index contributed by atoms with van der Waals surface area (Å²) in [6, 6.07) is 11.0. The molecule has 0 atom stereocenters. The molecule has 0 fully saturated rings. The molecule has 0 aliphatic carbocycles. The lowest BCUT2D eigenvalue weighted by atomic mass is 10.1. The fourth-order valence-electron chi connectivity index (χ4n) is 1.93. The molecular formula is C16H18ClN3O2. The summed E-state index contributed by atoms with van der Waals surface area (Å²) in [5, 5.41) is 6.30. The number of nitrogens with one attached hydrogen (secondary N) is 2. The SMILES string of the molecule is COc1cc(CNC(=O)NCCc2cccc(Cl)c2)ccn1. The Morgan fingerprint density at radius 2 is 2.09 bits per heavy atom. The van der Waals surface area contributed by atoms with Crippen LogP contribution in [0.3, 0.4) is 0 Å². The van der Waals surface area contributed by atoms with Crippen molar-refractivity contribution in [1.29, 1.82) is 0 Å². The Balaban J connectivity index is 1.71. The molecule has 2 N–H and O–H groups in total. The Bertz CT molecular complexity index is 634. The molecule has 6 heteroatoms. The summed E-state index contributed by atoms with van der Waals surface area (Å²) in [6.45, 7) is 0.966. The second kappa shape index (κ2) is 8.24. The first kappa shape index (κ1) is 16.1. The maximum Gasteiger partial charge on any atom is 0.315 e. The van der Waals surface area contributed by atoms with Crippen molar-refractivity contribution in [3.63, 3.8) is 0 Å². The van der Waals surface area contributed by atoms with Crippen LogP contribution in [0.15, 0.2) is 42.6 Å². The van der Waals surface area contributed by atoms with E-state index in [0.717, 1.165) is 17.5 Å². The molecule has 0 aliphatic heterocycles. The normalized spacial score (nSPS) is 10.1. The minimum Gasteiger partial charge on any atom is -0.481 e. The zero-order chi connectivity index (χ0) is 15.8. The minimum atomic E-state index is -0.210. The van der Waals surface area contributed by atoms with Crippen LogP contribution in [-0.2, 0) is 13.0 Å². The first-order valence-electron chi connectivity index (χ1n) is 6.92. The van der Waals surface area contributed by atoms with E-state index in [9.17, 15) is 4.79 Å². The number of halogens is 1. The number of hydrogen-bond acceptors (Lipinski definition) is 3. The van der Waals surface area contributed by atoms with Gasteiger partial charge in [0.1, 0.15) is 0 Å². The summed E-state index contributed by atoms with van der Waals surface area (Å²) in [5.41, 5.74) is 2.02. The molecule has 2 rings (SSSR count). The lowest BCUT2D eigenvalue weighted by molar-refractivity contribution is 0.240. The molecule has 0 radical (unpaired) electrons. The summed E-state index contributed by atoms with van der Waals surface area (Å²) in [7, 11) is 1.56. The van der Waals surface area contributed by atoms with Gasteiger partial charge in [-0.05, 0) is 35.7 Å². The Labute approximate surface area is 134 Å². The van der Waals surface area contributed by atoms with Crippen LogP contribution in [0.25, 0.3) is 0 Å². The van der Waals surface area contributed by atoms with E-state index in [1.54, 1.807) is 19.4 Å². The monoisotopic (exact) mass is 319 g/mol. The largest absolute Gasteiger partial charge is 0.481 e. The lowest BCUT2D eigenvalue weighted by Crippen LogP contribution is -2.36. The molecule has 1 aromatic heterocycles. The second-order valence-corrected chi connectivity index (χ2v) is 5.13. The Morgan fingerprint density at radius 3 is 2.86 bits per heavy atom. The summed E-state index contributed by atoms with van der Waals surface area (Å²) in [6.07, 6.45) is 2.38. The van der Waals surface area contributed by atoms with Crippen molar-refractivity contribution in [2.45, 2.75) is 13.0 Å². The number of aromatic nitrogens is 1. The summed E-state index contributed by atoms with van der Waals surface area (Å²) in [5.74, 6) is 0.528. The van der Waals surface area contributed by atoms with Crippen molar-refractivity contribution in [3.05, 3.63) is 58.7 Å². The number of urea groups is 1. The van der Waals surface area contributed by atoms with Gasteiger partial charge in [0.25, 0.3) is 0 Å². The molecule has 2 aromatic rings. The van der Waals surface area contributed by atoms with Crippen molar-refractivity contribution >= 4 is 17.6 Å². The van der Waals surface area contributed by atoms with Gasteiger partial charge in [0, 0.05) is 30.4 Å². The average Bonchev–Trinajstić information content (AvgIpc) is 2.53. The van der Waals surface area contributed by atoms with Crippen LogP contribution in [0.5, 0.6) is 5.88 Å². The molecule has 116 valence electrons. The molecule has 5 nitrogen and oxygen atoms in total. The molecule has 0 saturated heterocycles. The predicted molar refractivity (Wildman–Crippen MR) is 86.2 cm³/mol. The van der Waals surface area contributed by atoms with Gasteiger partial charge >= 0.3 is 6.03 Å². The predicted octanol–water partition coefficient (Wildman–Crippen LogP) is 2.79. The van der Waals surface area contributed by atoms with Crippen LogP contribution >= 0.6 is 11.6 Å². The number of hydrogen-bond donors (Lipinski definition) is 2. The first-order valence-corrected chi connectivity index (χ1v) is 7.30. The quantitative estimate of drug-likeness (QED) is 0.860. The summed E-state index contributed by atoms with van der Waals surface area (Å²) in [4.78, 5) is 15.7. The van der Waals surface area contributed by atoms with E-state index in [2.05, 4.69) is 15.6 Å². The van der Waals surface area contributed by atoms with E-state index in [1.807, 2.05) is 30.3 Å². The van der Waals surface area contributed by atoms with Crippen molar-refractivity contribution in [2.24, 2.45) is 0 Å². The molecule has 0 unspecified atom stereocenters. The fourth-order valence-corrected chi connectivity index (χ4v) is 2.14. The highest BCUT2D eigenvalue weighted by Crippen LogP contribution is 2.10. The van der Waals surface area contributed by atoms with Gasteiger partial charge in [-0.3, -0.25) is 0 Å². The van der Waals surface area contributed by atoms with E-state index in [4.69, 9.17) is 16.3 Å². The van der Waals surface area contributed by atoms with Gasteiger partial charge < -0.3 is 15.4 Å². The highest BCUT2D eigenvalue weighted by atomic mass is 35.5. The topological polar surface area (TPSA) is 63.2 Å². The Morgan fingerprint density at radius 1 is 1.23 bits per heavy atom. The highest BCUT2D eigenvalue weighted by molar-refractivity contribution is 6.30. The van der Waals surface area contributed by atoms with Gasteiger partial charge in [-0.25, -0.2) is 9.78 Å².